The Kier molecular flexibility index (Phi) is 9.45. The third kappa shape index (κ3) is 7.35. The van der Waals surface area contributed by atoms with Gasteiger partial charge in [0.05, 0.1) is 6.61 Å². The summed E-state index contributed by atoms with van der Waals surface area (Å²) in [5.41, 5.74) is 0. The van der Waals surface area contributed by atoms with Crippen LogP contribution in [0.15, 0.2) is 11.2 Å². The van der Waals surface area contributed by atoms with E-state index in [9.17, 15) is 8.94 Å². The van der Waals surface area contributed by atoms with Gasteiger partial charge >= 0.3 is 0 Å². The fraction of sp³-hybridized carbons (Fsp3) is 0.800. The molecule has 0 fully saturated rings. The minimum Gasteiger partial charge on any atom is -0.610 e. The Morgan fingerprint density at radius 3 is 2.71 bits per heavy atom. The molecular formula is C10H19FO2S. The first-order valence-electron chi connectivity index (χ1n) is 4.95. The number of methoxy groups -OCH3 is 1. The van der Waals surface area contributed by atoms with Gasteiger partial charge in [-0.3, -0.25) is 0 Å². The molecule has 14 heavy (non-hydrogen) atoms. The summed E-state index contributed by atoms with van der Waals surface area (Å²) < 4.78 is 28.9. The van der Waals surface area contributed by atoms with Gasteiger partial charge in [0, 0.05) is 24.4 Å². The summed E-state index contributed by atoms with van der Waals surface area (Å²) in [6, 6.07) is 0. The van der Waals surface area contributed by atoms with Crippen molar-refractivity contribution in [1.29, 1.82) is 0 Å². The van der Waals surface area contributed by atoms with Crippen LogP contribution in [0.2, 0.25) is 0 Å². The van der Waals surface area contributed by atoms with Crippen molar-refractivity contribution >= 4 is 11.2 Å². The average molecular weight is 222 g/mol. The molecule has 4 heteroatoms. The Balaban J connectivity index is 3.56. The van der Waals surface area contributed by atoms with Crippen LogP contribution in [0.5, 0.6) is 0 Å². The van der Waals surface area contributed by atoms with Gasteiger partial charge in [-0.05, 0) is 12.8 Å². The van der Waals surface area contributed by atoms with Crippen LogP contribution in [-0.2, 0) is 15.9 Å². The van der Waals surface area contributed by atoms with Gasteiger partial charge in [0.2, 0.25) is 0 Å². The van der Waals surface area contributed by atoms with Crippen LogP contribution in [0, 0.1) is 0 Å². The average Bonchev–Trinajstić information content (AvgIpc) is 2.20. The van der Waals surface area contributed by atoms with Crippen molar-refractivity contribution in [2.24, 2.45) is 0 Å². The molecule has 0 heterocycles. The summed E-state index contributed by atoms with van der Waals surface area (Å²) in [5, 5.41) is -0.552. The highest BCUT2D eigenvalue weighted by atomic mass is 32.2. The fourth-order valence-electron chi connectivity index (χ4n) is 0.999. The van der Waals surface area contributed by atoms with Gasteiger partial charge in [-0.2, -0.15) is 4.39 Å². The molecule has 0 aromatic rings. The number of halogens is 1. The Morgan fingerprint density at radius 1 is 1.43 bits per heavy atom. The van der Waals surface area contributed by atoms with E-state index in [-0.39, 0.29) is 6.61 Å². The first-order valence-corrected chi connectivity index (χ1v) is 6.27. The second-order valence-corrected chi connectivity index (χ2v) is 4.56. The largest absolute Gasteiger partial charge is 0.610 e. The molecule has 0 aromatic heterocycles. The molecule has 0 bridgehead atoms. The van der Waals surface area contributed by atoms with Crippen molar-refractivity contribution < 1.29 is 13.7 Å². The Labute approximate surface area is 88.7 Å². The quantitative estimate of drug-likeness (QED) is 0.467. The predicted molar refractivity (Wildman–Crippen MR) is 58.2 cm³/mol. The van der Waals surface area contributed by atoms with Crippen molar-refractivity contribution in [3.8, 4) is 0 Å². The zero-order valence-corrected chi connectivity index (χ0v) is 9.74. The molecule has 0 amide bonds. The lowest BCUT2D eigenvalue weighted by atomic mass is 10.2. The summed E-state index contributed by atoms with van der Waals surface area (Å²) in [4.78, 5) is 0. The molecule has 0 aliphatic carbocycles. The zero-order valence-electron chi connectivity index (χ0n) is 8.92. The van der Waals surface area contributed by atoms with E-state index in [4.69, 9.17) is 0 Å². The van der Waals surface area contributed by atoms with Crippen LogP contribution >= 0.6 is 0 Å². The number of rotatable bonds is 8. The number of hydrogen-bond donors (Lipinski definition) is 0. The first-order chi connectivity index (χ1) is 6.72. The molecule has 84 valence electrons. The van der Waals surface area contributed by atoms with Gasteiger partial charge in [-0.15, -0.1) is 0 Å². The number of ether oxygens (including phenoxy) is 1. The lowest BCUT2D eigenvalue weighted by molar-refractivity contribution is 0.232. The van der Waals surface area contributed by atoms with Crippen molar-refractivity contribution in [2.45, 2.75) is 32.6 Å². The molecule has 0 saturated heterocycles. The Bertz CT molecular complexity index is 162. The second-order valence-electron chi connectivity index (χ2n) is 3.07. The molecule has 0 N–H and O–H groups in total. The molecule has 1 atom stereocenters. The van der Waals surface area contributed by atoms with E-state index in [2.05, 4.69) is 11.7 Å². The van der Waals surface area contributed by atoms with E-state index in [0.717, 1.165) is 25.7 Å². The Hall–Kier alpha value is -0.0600. The number of unbranched alkanes of at least 4 members (excludes halogenated alkanes) is 3. The van der Waals surface area contributed by atoms with Crippen LogP contribution in [0.3, 0.4) is 0 Å². The van der Waals surface area contributed by atoms with Gasteiger partial charge in [0.15, 0.2) is 0 Å². The third-order valence-corrected chi connectivity index (χ3v) is 3.07. The van der Waals surface area contributed by atoms with Crippen molar-refractivity contribution in [3.05, 3.63) is 11.2 Å². The van der Waals surface area contributed by atoms with Crippen LogP contribution < -0.4 is 0 Å². The fourth-order valence-corrected chi connectivity index (χ4v) is 1.91. The molecule has 0 saturated carbocycles. The molecule has 1 unspecified atom stereocenters. The van der Waals surface area contributed by atoms with Crippen molar-refractivity contribution in [2.75, 3.05) is 19.5 Å². The summed E-state index contributed by atoms with van der Waals surface area (Å²) >= 11 is -1.46. The van der Waals surface area contributed by atoms with E-state index < -0.39 is 16.3 Å². The molecule has 2 nitrogen and oxygen atoms in total. The first kappa shape index (κ1) is 13.9. The van der Waals surface area contributed by atoms with Crippen LogP contribution in [0.25, 0.3) is 0 Å². The maximum atomic E-state index is 13.0. The predicted octanol–water partition coefficient (Wildman–Crippen LogP) is 2.77. The molecule has 0 aliphatic rings. The Morgan fingerprint density at radius 2 is 2.14 bits per heavy atom. The van der Waals surface area contributed by atoms with Gasteiger partial charge < -0.3 is 9.29 Å². The van der Waals surface area contributed by atoms with E-state index in [1.54, 1.807) is 0 Å². The lowest BCUT2D eigenvalue weighted by Gasteiger charge is -2.07. The smallest absolute Gasteiger partial charge is 0.298 e. The van der Waals surface area contributed by atoms with E-state index in [0.29, 0.717) is 5.75 Å². The van der Waals surface area contributed by atoms with Gasteiger partial charge in [-0.25, -0.2) is 0 Å². The lowest BCUT2D eigenvalue weighted by Crippen LogP contribution is -2.07. The third-order valence-electron chi connectivity index (χ3n) is 1.81. The van der Waals surface area contributed by atoms with Gasteiger partial charge in [0.1, 0.15) is 5.75 Å². The van der Waals surface area contributed by atoms with E-state index in [1.807, 2.05) is 0 Å². The summed E-state index contributed by atoms with van der Waals surface area (Å²) in [7, 11) is 1.48. The molecule has 0 rings (SSSR count). The maximum absolute atomic E-state index is 13.0. The zero-order chi connectivity index (χ0) is 10.8. The SMILES string of the molecule is CCCCCC[S+]([O-])/C(F)=C/COC. The molecule has 0 spiro atoms. The molecular weight excluding hydrogens is 203 g/mol. The monoisotopic (exact) mass is 222 g/mol. The number of hydrogen-bond acceptors (Lipinski definition) is 2. The topological polar surface area (TPSA) is 32.3 Å². The molecule has 0 aliphatic heterocycles. The highest BCUT2D eigenvalue weighted by Crippen LogP contribution is 2.12. The van der Waals surface area contributed by atoms with Gasteiger partial charge in [0.25, 0.3) is 5.16 Å². The van der Waals surface area contributed by atoms with Gasteiger partial charge in [-0.1, -0.05) is 19.8 Å². The highest BCUT2D eigenvalue weighted by molar-refractivity contribution is 7.94. The highest BCUT2D eigenvalue weighted by Gasteiger charge is 2.12. The molecule has 0 aromatic carbocycles. The second kappa shape index (κ2) is 9.49. The minimum absolute atomic E-state index is 0.187. The van der Waals surface area contributed by atoms with Crippen LogP contribution in [0.4, 0.5) is 4.39 Å². The van der Waals surface area contributed by atoms with E-state index in [1.165, 1.54) is 13.2 Å². The summed E-state index contributed by atoms with van der Waals surface area (Å²) in [6.45, 7) is 2.29. The normalized spacial score (nSPS) is 14.4. The van der Waals surface area contributed by atoms with Crippen molar-refractivity contribution in [3.63, 3.8) is 0 Å². The summed E-state index contributed by atoms with van der Waals surface area (Å²) in [6.07, 6.45) is 5.35. The standard InChI is InChI=1S/C10H19FO2S/c1-3-4-5-6-9-14(12)10(11)7-8-13-2/h7H,3-6,8-9H2,1-2H3/b10-7+. The summed E-state index contributed by atoms with van der Waals surface area (Å²) in [5.74, 6) is 0.423. The maximum Gasteiger partial charge on any atom is 0.298 e. The van der Waals surface area contributed by atoms with E-state index >= 15 is 0 Å². The minimum atomic E-state index is -1.46. The van der Waals surface area contributed by atoms with Crippen LogP contribution in [-0.4, -0.2) is 24.0 Å². The van der Waals surface area contributed by atoms with Crippen molar-refractivity contribution in [1.82, 2.24) is 0 Å². The molecule has 0 radical (unpaired) electrons. The van der Waals surface area contributed by atoms with Crippen LogP contribution in [0.1, 0.15) is 32.6 Å².